The van der Waals surface area contributed by atoms with Gasteiger partial charge in [-0.05, 0) is 36.8 Å². The predicted octanol–water partition coefficient (Wildman–Crippen LogP) is 2.71. The van der Waals surface area contributed by atoms with Crippen molar-refractivity contribution < 1.29 is 9.47 Å². The smallest absolute Gasteiger partial charge is 0.132 e. The Kier molecular flexibility index (Phi) is 5.65. The fraction of sp³-hybridized carbons (Fsp3) is 0.538. The molecule has 2 N–H and O–H groups in total. The van der Waals surface area contributed by atoms with Crippen LogP contribution < -0.4 is 15.2 Å². The van der Waals surface area contributed by atoms with Crippen molar-refractivity contribution in [2.75, 3.05) is 20.0 Å². The Morgan fingerprint density at radius 1 is 1.24 bits per heavy atom. The van der Waals surface area contributed by atoms with E-state index in [1.54, 1.807) is 26.0 Å². The second kappa shape index (κ2) is 6.77. The number of benzene rings is 1. The lowest BCUT2D eigenvalue weighted by molar-refractivity contribution is 0.389. The highest BCUT2D eigenvalue weighted by Gasteiger charge is 2.12. The van der Waals surface area contributed by atoms with E-state index in [0.717, 1.165) is 34.1 Å². The maximum Gasteiger partial charge on any atom is 0.132 e. The highest BCUT2D eigenvalue weighted by atomic mass is 32.2. The van der Waals surface area contributed by atoms with E-state index in [4.69, 9.17) is 15.2 Å². The highest BCUT2D eigenvalue weighted by molar-refractivity contribution is 7.99. The molecular formula is C13H21NO2S. The first-order valence-corrected chi connectivity index (χ1v) is 6.74. The molecule has 1 atom stereocenters. The van der Waals surface area contributed by atoms with Crippen molar-refractivity contribution in [1.82, 2.24) is 0 Å². The van der Waals surface area contributed by atoms with Gasteiger partial charge in [-0.25, -0.2) is 0 Å². The number of thioether (sulfide) groups is 1. The van der Waals surface area contributed by atoms with Crippen molar-refractivity contribution >= 4 is 11.8 Å². The van der Waals surface area contributed by atoms with Crippen LogP contribution in [0.2, 0.25) is 0 Å². The molecule has 3 nitrogen and oxygen atoms in total. The molecule has 0 spiro atoms. The number of hydrogen-bond donors (Lipinski definition) is 1. The van der Waals surface area contributed by atoms with E-state index in [2.05, 4.69) is 6.92 Å². The lowest BCUT2D eigenvalue weighted by atomic mass is 10.1. The first-order valence-electron chi connectivity index (χ1n) is 5.75. The Morgan fingerprint density at radius 3 is 2.35 bits per heavy atom. The fourth-order valence-electron chi connectivity index (χ4n) is 1.71. The van der Waals surface area contributed by atoms with Crippen LogP contribution in [-0.4, -0.2) is 26.0 Å². The Bertz CT molecular complexity index is 367. The number of hydrogen-bond acceptors (Lipinski definition) is 4. The van der Waals surface area contributed by atoms with Gasteiger partial charge in [0.2, 0.25) is 0 Å². The summed E-state index contributed by atoms with van der Waals surface area (Å²) in [6, 6.07) is 4.17. The van der Waals surface area contributed by atoms with Gasteiger partial charge < -0.3 is 15.2 Å². The monoisotopic (exact) mass is 255 g/mol. The van der Waals surface area contributed by atoms with Gasteiger partial charge in [0.25, 0.3) is 0 Å². The molecule has 0 aliphatic carbocycles. The van der Waals surface area contributed by atoms with Gasteiger partial charge in [-0.15, -0.1) is 11.8 Å². The second-order valence-electron chi connectivity index (χ2n) is 3.93. The van der Waals surface area contributed by atoms with Crippen LogP contribution in [0.3, 0.4) is 0 Å². The number of nitrogens with two attached hydrogens (primary N) is 1. The van der Waals surface area contributed by atoms with Crippen LogP contribution in [0, 0.1) is 0 Å². The van der Waals surface area contributed by atoms with E-state index in [-0.39, 0.29) is 6.04 Å². The Balaban J connectivity index is 3.12. The Morgan fingerprint density at radius 2 is 1.88 bits per heavy atom. The van der Waals surface area contributed by atoms with Crippen LogP contribution in [-0.2, 0) is 6.42 Å². The molecule has 0 aliphatic heterocycles. The molecule has 0 saturated heterocycles. The molecule has 1 rings (SSSR count). The molecule has 0 amide bonds. The zero-order chi connectivity index (χ0) is 12.8. The number of methoxy groups -OCH3 is 2. The molecule has 0 saturated carbocycles. The lowest BCUT2D eigenvalue weighted by Gasteiger charge is -2.15. The molecule has 0 heterocycles. The molecule has 96 valence electrons. The van der Waals surface area contributed by atoms with Gasteiger partial charge in [0, 0.05) is 6.04 Å². The average Bonchev–Trinajstić information content (AvgIpc) is 2.30. The van der Waals surface area contributed by atoms with E-state index in [1.165, 1.54) is 0 Å². The largest absolute Gasteiger partial charge is 0.496 e. The minimum absolute atomic E-state index is 0.110. The summed E-state index contributed by atoms with van der Waals surface area (Å²) in [6.45, 7) is 4.10. The van der Waals surface area contributed by atoms with Crippen molar-refractivity contribution in [3.63, 3.8) is 0 Å². The third-order valence-corrected chi connectivity index (χ3v) is 3.33. The zero-order valence-electron chi connectivity index (χ0n) is 10.9. The summed E-state index contributed by atoms with van der Waals surface area (Å²) in [5.41, 5.74) is 6.93. The molecule has 1 aromatic rings. The van der Waals surface area contributed by atoms with E-state index < -0.39 is 0 Å². The average molecular weight is 255 g/mol. The standard InChI is InChI=1S/C13H21NO2S/c1-5-17-13-8-11(15-3)10(6-9(2)14)7-12(13)16-4/h7-9H,5-6,14H2,1-4H3. The first kappa shape index (κ1) is 14.2. The maximum atomic E-state index is 5.83. The van der Waals surface area contributed by atoms with E-state index in [1.807, 2.05) is 19.1 Å². The van der Waals surface area contributed by atoms with Crippen LogP contribution >= 0.6 is 11.8 Å². The molecule has 1 unspecified atom stereocenters. The van der Waals surface area contributed by atoms with Crippen molar-refractivity contribution in [3.8, 4) is 11.5 Å². The molecule has 1 aromatic carbocycles. The highest BCUT2D eigenvalue weighted by Crippen LogP contribution is 2.35. The van der Waals surface area contributed by atoms with Gasteiger partial charge in [0.05, 0.1) is 19.1 Å². The lowest BCUT2D eigenvalue weighted by Crippen LogP contribution is -2.18. The van der Waals surface area contributed by atoms with Crippen LogP contribution in [0.5, 0.6) is 11.5 Å². The molecule has 0 bridgehead atoms. The molecule has 0 radical (unpaired) electrons. The summed E-state index contributed by atoms with van der Waals surface area (Å²) in [7, 11) is 3.38. The topological polar surface area (TPSA) is 44.5 Å². The molecule has 0 aliphatic rings. The third kappa shape index (κ3) is 3.82. The van der Waals surface area contributed by atoms with Crippen LogP contribution in [0.1, 0.15) is 19.4 Å². The van der Waals surface area contributed by atoms with Gasteiger partial charge in [-0.2, -0.15) is 0 Å². The summed E-state index contributed by atoms with van der Waals surface area (Å²) >= 11 is 1.75. The minimum atomic E-state index is 0.110. The molecule has 4 heteroatoms. The van der Waals surface area contributed by atoms with Crippen LogP contribution in [0.25, 0.3) is 0 Å². The van der Waals surface area contributed by atoms with Gasteiger partial charge in [0.1, 0.15) is 11.5 Å². The Hall–Kier alpha value is -0.870. The normalized spacial score (nSPS) is 12.3. The second-order valence-corrected chi connectivity index (χ2v) is 5.24. The predicted molar refractivity (Wildman–Crippen MR) is 73.3 cm³/mol. The van der Waals surface area contributed by atoms with E-state index >= 15 is 0 Å². The number of rotatable bonds is 6. The van der Waals surface area contributed by atoms with Crippen molar-refractivity contribution in [3.05, 3.63) is 17.7 Å². The van der Waals surface area contributed by atoms with Crippen molar-refractivity contribution in [2.24, 2.45) is 5.73 Å². The fourth-order valence-corrected chi connectivity index (χ4v) is 2.49. The van der Waals surface area contributed by atoms with Crippen molar-refractivity contribution in [1.29, 1.82) is 0 Å². The summed E-state index contributed by atoms with van der Waals surface area (Å²) < 4.78 is 10.8. The van der Waals surface area contributed by atoms with Crippen molar-refractivity contribution in [2.45, 2.75) is 31.2 Å². The molecule has 0 fully saturated rings. The summed E-state index contributed by atoms with van der Waals surface area (Å²) in [4.78, 5) is 1.11. The Labute approximate surface area is 108 Å². The SMILES string of the molecule is CCSc1cc(OC)c(CC(C)N)cc1OC. The van der Waals surface area contributed by atoms with Gasteiger partial charge in [-0.1, -0.05) is 6.92 Å². The molecular weight excluding hydrogens is 234 g/mol. The van der Waals surface area contributed by atoms with Gasteiger partial charge >= 0.3 is 0 Å². The number of ether oxygens (including phenoxy) is 2. The maximum absolute atomic E-state index is 5.83. The van der Waals surface area contributed by atoms with Gasteiger partial charge in [0.15, 0.2) is 0 Å². The third-order valence-electron chi connectivity index (χ3n) is 2.41. The quantitative estimate of drug-likeness (QED) is 0.794. The minimum Gasteiger partial charge on any atom is -0.496 e. The zero-order valence-corrected chi connectivity index (χ0v) is 11.8. The van der Waals surface area contributed by atoms with E-state index in [0.29, 0.717) is 0 Å². The summed E-state index contributed by atoms with van der Waals surface area (Å²) in [5, 5.41) is 0. The summed E-state index contributed by atoms with van der Waals surface area (Å²) in [5.74, 6) is 2.79. The van der Waals surface area contributed by atoms with Crippen LogP contribution in [0.15, 0.2) is 17.0 Å². The molecule has 0 aromatic heterocycles. The van der Waals surface area contributed by atoms with Gasteiger partial charge in [-0.3, -0.25) is 0 Å². The summed E-state index contributed by atoms with van der Waals surface area (Å²) in [6.07, 6.45) is 0.788. The van der Waals surface area contributed by atoms with E-state index in [9.17, 15) is 0 Å². The first-order chi connectivity index (χ1) is 8.12. The van der Waals surface area contributed by atoms with Crippen LogP contribution in [0.4, 0.5) is 0 Å². The molecule has 17 heavy (non-hydrogen) atoms.